The highest BCUT2D eigenvalue weighted by Gasteiger charge is 2.35. The van der Waals surface area contributed by atoms with Gasteiger partial charge in [-0.05, 0) is 51.6 Å². The van der Waals surface area contributed by atoms with E-state index in [2.05, 4.69) is 14.9 Å². The minimum atomic E-state index is -4.77. The number of nitrogens with zero attached hydrogens (tertiary/aromatic N) is 6. The molecule has 0 unspecified atom stereocenters. The van der Waals surface area contributed by atoms with Crippen molar-refractivity contribution in [3.05, 3.63) is 53.5 Å². The number of benzene rings is 1. The van der Waals surface area contributed by atoms with Gasteiger partial charge in [-0.25, -0.2) is 19.3 Å². The first-order valence-corrected chi connectivity index (χ1v) is 12.0. The Hall–Kier alpha value is -3.21. The molecular formula is C25H31F4N7. The highest BCUT2D eigenvalue weighted by Crippen LogP contribution is 2.36. The molecule has 3 heterocycles. The van der Waals surface area contributed by atoms with Gasteiger partial charge in [0.2, 0.25) is 0 Å². The van der Waals surface area contributed by atoms with Crippen molar-refractivity contribution in [3.63, 3.8) is 0 Å². The fourth-order valence-electron chi connectivity index (χ4n) is 4.66. The van der Waals surface area contributed by atoms with Gasteiger partial charge in [0.15, 0.2) is 0 Å². The molecule has 0 aliphatic carbocycles. The maximum Gasteiger partial charge on any atom is 0.419 e. The number of alkyl halides is 3. The highest BCUT2D eigenvalue weighted by atomic mass is 19.4. The van der Waals surface area contributed by atoms with Crippen LogP contribution in [-0.2, 0) is 19.1 Å². The number of piperidine rings is 1. The van der Waals surface area contributed by atoms with E-state index in [0.717, 1.165) is 68.2 Å². The number of anilines is 2. The highest BCUT2D eigenvalue weighted by molar-refractivity contribution is 5.60. The normalized spacial score (nSPS) is 15.2. The molecule has 2 N–H and O–H groups in total. The van der Waals surface area contributed by atoms with Crippen LogP contribution in [0.15, 0.2) is 30.7 Å². The second-order valence-corrected chi connectivity index (χ2v) is 9.35. The van der Waals surface area contributed by atoms with Gasteiger partial charge in [0.25, 0.3) is 0 Å². The van der Waals surface area contributed by atoms with E-state index in [1.165, 1.54) is 12.4 Å². The summed E-state index contributed by atoms with van der Waals surface area (Å²) in [5.74, 6) is 1.02. The number of hydrogen-bond acceptors (Lipinski definition) is 6. The van der Waals surface area contributed by atoms with Crippen LogP contribution in [0, 0.1) is 5.82 Å². The van der Waals surface area contributed by atoms with E-state index in [9.17, 15) is 17.6 Å². The average Bonchev–Trinajstić information content (AvgIpc) is 3.26. The molecule has 1 aromatic carbocycles. The Morgan fingerprint density at radius 1 is 1.14 bits per heavy atom. The monoisotopic (exact) mass is 505 g/mol. The predicted molar refractivity (Wildman–Crippen MR) is 131 cm³/mol. The summed E-state index contributed by atoms with van der Waals surface area (Å²) in [5, 5.41) is 0. The molecule has 0 bridgehead atoms. The molecule has 0 saturated carbocycles. The number of imidazole rings is 1. The van der Waals surface area contributed by atoms with Crippen LogP contribution in [0.25, 0.3) is 11.3 Å². The van der Waals surface area contributed by atoms with E-state index in [1.807, 2.05) is 30.5 Å². The van der Waals surface area contributed by atoms with Crippen molar-refractivity contribution in [1.29, 1.82) is 0 Å². The smallest absolute Gasteiger partial charge is 0.383 e. The average molecular weight is 506 g/mol. The third kappa shape index (κ3) is 5.45. The lowest BCUT2D eigenvalue weighted by Gasteiger charge is -2.33. The van der Waals surface area contributed by atoms with Crippen molar-refractivity contribution in [2.24, 2.45) is 0 Å². The maximum absolute atomic E-state index is 13.8. The number of aromatic nitrogens is 4. The van der Waals surface area contributed by atoms with E-state index in [1.54, 1.807) is 6.20 Å². The molecule has 194 valence electrons. The van der Waals surface area contributed by atoms with Crippen LogP contribution in [0.4, 0.5) is 29.2 Å². The number of nitrogen functional groups attached to an aromatic ring is 1. The van der Waals surface area contributed by atoms with Gasteiger partial charge in [0, 0.05) is 49.4 Å². The van der Waals surface area contributed by atoms with Crippen LogP contribution in [0.5, 0.6) is 0 Å². The van der Waals surface area contributed by atoms with Crippen LogP contribution >= 0.6 is 0 Å². The summed E-state index contributed by atoms with van der Waals surface area (Å²) in [5.41, 5.74) is 6.36. The molecule has 1 fully saturated rings. The van der Waals surface area contributed by atoms with Gasteiger partial charge >= 0.3 is 6.18 Å². The van der Waals surface area contributed by atoms with E-state index in [4.69, 9.17) is 10.7 Å². The molecule has 3 aromatic rings. The predicted octanol–water partition coefficient (Wildman–Crippen LogP) is 4.59. The summed E-state index contributed by atoms with van der Waals surface area (Å²) >= 11 is 0. The molecule has 0 radical (unpaired) electrons. The summed E-state index contributed by atoms with van der Waals surface area (Å²) in [6.07, 6.45) is 0.834. The van der Waals surface area contributed by atoms with Crippen molar-refractivity contribution < 1.29 is 17.6 Å². The number of halogens is 4. The summed E-state index contributed by atoms with van der Waals surface area (Å²) < 4.78 is 55.7. The minimum absolute atomic E-state index is 0.129. The fraction of sp³-hybridized carbons (Fsp3) is 0.480. The van der Waals surface area contributed by atoms with Crippen molar-refractivity contribution >= 4 is 11.6 Å². The van der Waals surface area contributed by atoms with Crippen molar-refractivity contribution in [2.75, 3.05) is 44.4 Å². The molecule has 4 rings (SSSR count). The van der Waals surface area contributed by atoms with Gasteiger partial charge in [0.05, 0.1) is 11.3 Å². The van der Waals surface area contributed by atoms with E-state index >= 15 is 0 Å². The van der Waals surface area contributed by atoms with Crippen molar-refractivity contribution in [3.8, 4) is 11.3 Å². The molecular weight excluding hydrogens is 474 g/mol. The Labute approximate surface area is 208 Å². The summed E-state index contributed by atoms with van der Waals surface area (Å²) in [7, 11) is 3.93. The first-order chi connectivity index (χ1) is 17.1. The number of hydrogen-bond donors (Lipinski definition) is 1. The first-order valence-electron chi connectivity index (χ1n) is 12.0. The Bertz CT molecular complexity index is 1200. The van der Waals surface area contributed by atoms with Gasteiger partial charge < -0.3 is 20.1 Å². The lowest BCUT2D eigenvalue weighted by Crippen LogP contribution is -2.35. The quantitative estimate of drug-likeness (QED) is 0.474. The fourth-order valence-corrected chi connectivity index (χ4v) is 4.66. The lowest BCUT2D eigenvalue weighted by atomic mass is 9.95. The van der Waals surface area contributed by atoms with E-state index in [-0.39, 0.29) is 11.5 Å². The van der Waals surface area contributed by atoms with Crippen LogP contribution in [0.2, 0.25) is 0 Å². The molecule has 0 amide bonds. The third-order valence-electron chi connectivity index (χ3n) is 6.63. The minimum Gasteiger partial charge on any atom is -0.383 e. The Morgan fingerprint density at radius 2 is 1.86 bits per heavy atom. The zero-order valence-electron chi connectivity index (χ0n) is 20.7. The largest absolute Gasteiger partial charge is 0.419 e. The van der Waals surface area contributed by atoms with Crippen molar-refractivity contribution in [2.45, 2.75) is 44.8 Å². The number of nitrogens with two attached hydrogens (primary N) is 1. The Kier molecular flexibility index (Phi) is 7.49. The number of rotatable bonds is 7. The van der Waals surface area contributed by atoms with Gasteiger partial charge in [-0.15, -0.1) is 0 Å². The maximum atomic E-state index is 13.8. The van der Waals surface area contributed by atoms with Crippen LogP contribution < -0.4 is 10.6 Å². The van der Waals surface area contributed by atoms with E-state index < -0.39 is 17.6 Å². The molecule has 0 atom stereocenters. The van der Waals surface area contributed by atoms with Gasteiger partial charge in [-0.1, -0.05) is 6.92 Å². The SMILES string of the molecule is CCc1c(N)ncnc1N1CCC(c2nc(-c3ccc(F)c(C(F)(F)F)c3)cn2CCN(C)C)CC1. The van der Waals surface area contributed by atoms with Gasteiger partial charge in [-0.3, -0.25) is 0 Å². The van der Waals surface area contributed by atoms with Crippen LogP contribution in [0.3, 0.4) is 0 Å². The molecule has 1 aliphatic rings. The van der Waals surface area contributed by atoms with Crippen LogP contribution in [0.1, 0.15) is 42.6 Å². The second-order valence-electron chi connectivity index (χ2n) is 9.35. The van der Waals surface area contributed by atoms with Crippen molar-refractivity contribution in [1.82, 2.24) is 24.4 Å². The van der Waals surface area contributed by atoms with E-state index in [0.29, 0.717) is 18.1 Å². The lowest BCUT2D eigenvalue weighted by molar-refractivity contribution is -0.139. The van der Waals surface area contributed by atoms with Gasteiger partial charge in [-0.2, -0.15) is 13.2 Å². The molecule has 1 saturated heterocycles. The Morgan fingerprint density at radius 3 is 2.50 bits per heavy atom. The zero-order valence-corrected chi connectivity index (χ0v) is 20.7. The molecule has 0 spiro atoms. The zero-order chi connectivity index (χ0) is 26.0. The summed E-state index contributed by atoms with van der Waals surface area (Å²) in [6, 6.07) is 3.04. The molecule has 11 heteroatoms. The van der Waals surface area contributed by atoms with Gasteiger partial charge in [0.1, 0.15) is 29.6 Å². The standard InChI is InChI=1S/C25H31F4N7/c1-4-18-22(30)31-15-32-24(18)35-9-7-16(8-10-35)23-33-21(14-36(23)12-11-34(2)3)17-5-6-20(26)19(13-17)25(27,28)29/h5-6,13-16H,4,7-12H2,1-3H3,(H2,30,31,32). The third-order valence-corrected chi connectivity index (χ3v) is 6.63. The summed E-state index contributed by atoms with van der Waals surface area (Å²) in [6.45, 7) is 4.91. The molecule has 1 aliphatic heterocycles. The topological polar surface area (TPSA) is 76.1 Å². The molecule has 7 nitrogen and oxygen atoms in total. The first kappa shape index (κ1) is 25.9. The molecule has 36 heavy (non-hydrogen) atoms. The van der Waals surface area contributed by atoms with Crippen LogP contribution in [-0.4, -0.2) is 58.1 Å². The summed E-state index contributed by atoms with van der Waals surface area (Å²) in [4.78, 5) is 17.6. The molecule has 2 aromatic heterocycles. The second kappa shape index (κ2) is 10.4. The number of likely N-dealkylation sites (N-methyl/N-ethyl adjacent to an activating group) is 1. The Balaban J connectivity index is 1.61.